The number of hydrogen-bond acceptors (Lipinski definition) is 2. The molecule has 0 unspecified atom stereocenters. The van der Waals surface area contributed by atoms with E-state index in [4.69, 9.17) is 11.2 Å². The van der Waals surface area contributed by atoms with Crippen LogP contribution in [0.15, 0.2) is 42.7 Å². The summed E-state index contributed by atoms with van der Waals surface area (Å²) in [5, 5.41) is 0. The summed E-state index contributed by atoms with van der Waals surface area (Å²) in [4.78, 5) is 11.7. The monoisotopic (exact) mass is 225 g/mol. The lowest BCUT2D eigenvalue weighted by atomic mass is 10.1. The van der Waals surface area contributed by atoms with Crippen molar-refractivity contribution in [3.05, 3.63) is 53.9 Å². The van der Waals surface area contributed by atoms with Crippen molar-refractivity contribution in [2.45, 2.75) is 0 Å². The maximum absolute atomic E-state index is 11.7. The largest absolute Gasteiger partial charge is 0.465 e. The normalized spacial score (nSPS) is 9.65. The van der Waals surface area contributed by atoms with Crippen molar-refractivity contribution in [3.8, 4) is 18.0 Å². The van der Waals surface area contributed by atoms with Crippen molar-refractivity contribution >= 4 is 5.97 Å². The Balaban J connectivity index is 2.70. The van der Waals surface area contributed by atoms with Gasteiger partial charge in [0.05, 0.1) is 18.4 Å². The molecule has 0 spiro atoms. The molecule has 2 aromatic rings. The van der Waals surface area contributed by atoms with Crippen molar-refractivity contribution in [2.24, 2.45) is 0 Å². The summed E-state index contributed by atoms with van der Waals surface area (Å²) in [5.74, 6) is 2.18. The van der Waals surface area contributed by atoms with Crippen molar-refractivity contribution in [2.75, 3.05) is 7.11 Å². The van der Waals surface area contributed by atoms with Gasteiger partial charge in [0.1, 0.15) is 0 Å². The molecule has 3 heteroatoms. The van der Waals surface area contributed by atoms with E-state index >= 15 is 0 Å². The van der Waals surface area contributed by atoms with E-state index in [0.29, 0.717) is 16.8 Å². The molecule has 0 aliphatic rings. The van der Waals surface area contributed by atoms with E-state index in [1.54, 1.807) is 22.8 Å². The molecule has 0 aliphatic carbocycles. The first-order chi connectivity index (χ1) is 8.27. The van der Waals surface area contributed by atoms with Gasteiger partial charge in [-0.15, -0.1) is 6.42 Å². The number of benzene rings is 1. The maximum Gasteiger partial charge on any atom is 0.340 e. The van der Waals surface area contributed by atoms with Gasteiger partial charge >= 0.3 is 5.97 Å². The summed E-state index contributed by atoms with van der Waals surface area (Å²) in [6.07, 6.45) is 9.12. The van der Waals surface area contributed by atoms with Crippen LogP contribution in [0, 0.1) is 12.3 Å². The number of carbonyl (C=O) groups is 1. The highest BCUT2D eigenvalue weighted by atomic mass is 16.5. The fraction of sp³-hybridized carbons (Fsp3) is 0.0714. The maximum atomic E-state index is 11.7. The Morgan fingerprint density at radius 1 is 1.29 bits per heavy atom. The summed E-state index contributed by atoms with van der Waals surface area (Å²) >= 11 is 0. The van der Waals surface area contributed by atoms with E-state index in [9.17, 15) is 4.79 Å². The number of aromatic nitrogens is 1. The summed E-state index contributed by atoms with van der Waals surface area (Å²) in [5.41, 5.74) is 1.79. The number of terminal acetylenes is 1. The van der Waals surface area contributed by atoms with Crippen molar-refractivity contribution in [1.82, 2.24) is 4.57 Å². The van der Waals surface area contributed by atoms with Gasteiger partial charge in [-0.1, -0.05) is 12.0 Å². The minimum Gasteiger partial charge on any atom is -0.465 e. The molecule has 1 heterocycles. The molecule has 0 amide bonds. The Labute approximate surface area is 99.6 Å². The van der Waals surface area contributed by atoms with Gasteiger partial charge in [0.15, 0.2) is 0 Å². The average Bonchev–Trinajstić information content (AvgIpc) is 2.90. The first-order valence-corrected chi connectivity index (χ1v) is 5.09. The molecule has 0 radical (unpaired) electrons. The van der Waals surface area contributed by atoms with Crippen LogP contribution >= 0.6 is 0 Å². The average molecular weight is 225 g/mol. The Bertz CT molecular complexity index is 577. The van der Waals surface area contributed by atoms with E-state index in [2.05, 4.69) is 5.92 Å². The smallest absolute Gasteiger partial charge is 0.340 e. The van der Waals surface area contributed by atoms with Crippen molar-refractivity contribution < 1.29 is 9.53 Å². The van der Waals surface area contributed by atoms with Crippen molar-refractivity contribution in [3.63, 3.8) is 0 Å². The van der Waals surface area contributed by atoms with Crippen LogP contribution in [0.2, 0.25) is 0 Å². The molecule has 3 nitrogen and oxygen atoms in total. The molecule has 0 N–H and O–H groups in total. The summed E-state index contributed by atoms with van der Waals surface area (Å²) < 4.78 is 6.56. The Morgan fingerprint density at radius 2 is 2.00 bits per heavy atom. The minimum absolute atomic E-state index is 0.397. The van der Waals surface area contributed by atoms with E-state index < -0.39 is 5.97 Å². The standard InChI is InChI=1S/C14H11NO2/c1-3-11-7-6-8-12(14(16)17-2)13(11)15-9-4-5-10-15/h1,4-10H,2H3. The number of ether oxygens (including phenoxy) is 1. The van der Waals surface area contributed by atoms with Gasteiger partial charge in [-0.25, -0.2) is 4.79 Å². The topological polar surface area (TPSA) is 31.2 Å². The van der Waals surface area contributed by atoms with Crippen LogP contribution in [-0.2, 0) is 4.74 Å². The van der Waals surface area contributed by atoms with Crippen LogP contribution in [0.5, 0.6) is 0 Å². The third kappa shape index (κ3) is 1.93. The number of rotatable bonds is 2. The molecule has 0 bridgehead atoms. The summed E-state index contributed by atoms with van der Waals surface area (Å²) in [6, 6.07) is 8.97. The Kier molecular flexibility index (Phi) is 2.97. The first-order valence-electron chi connectivity index (χ1n) is 5.09. The summed E-state index contributed by atoms with van der Waals surface area (Å²) in [7, 11) is 1.35. The van der Waals surface area contributed by atoms with Gasteiger partial charge in [0, 0.05) is 18.0 Å². The van der Waals surface area contributed by atoms with Crippen LogP contribution in [0.25, 0.3) is 5.69 Å². The lowest BCUT2D eigenvalue weighted by Gasteiger charge is -2.11. The number of methoxy groups -OCH3 is 1. The van der Waals surface area contributed by atoms with Crippen LogP contribution < -0.4 is 0 Å². The molecular weight excluding hydrogens is 214 g/mol. The molecule has 0 saturated heterocycles. The first kappa shape index (κ1) is 11.0. The van der Waals surface area contributed by atoms with Gasteiger partial charge in [-0.3, -0.25) is 0 Å². The van der Waals surface area contributed by atoms with Gasteiger partial charge in [-0.05, 0) is 24.3 Å². The van der Waals surface area contributed by atoms with Gasteiger partial charge < -0.3 is 9.30 Å². The second kappa shape index (κ2) is 4.58. The van der Waals surface area contributed by atoms with Crippen LogP contribution in [-0.4, -0.2) is 17.6 Å². The number of carbonyl (C=O) groups excluding carboxylic acids is 1. The Hall–Kier alpha value is -2.47. The van der Waals surface area contributed by atoms with Gasteiger partial charge in [0.25, 0.3) is 0 Å². The molecule has 0 aliphatic heterocycles. The predicted molar refractivity (Wildman–Crippen MR) is 65.0 cm³/mol. The lowest BCUT2D eigenvalue weighted by molar-refractivity contribution is 0.0600. The number of nitrogens with zero attached hydrogens (tertiary/aromatic N) is 1. The third-order valence-corrected chi connectivity index (χ3v) is 2.46. The quantitative estimate of drug-likeness (QED) is 0.579. The molecule has 0 saturated carbocycles. The fourth-order valence-electron chi connectivity index (χ4n) is 1.70. The second-order valence-electron chi connectivity index (χ2n) is 3.43. The number of hydrogen-bond donors (Lipinski definition) is 0. The lowest BCUT2D eigenvalue weighted by Crippen LogP contribution is -2.08. The van der Waals surface area contributed by atoms with Crippen LogP contribution in [0.3, 0.4) is 0 Å². The van der Waals surface area contributed by atoms with E-state index in [1.807, 2.05) is 24.5 Å². The second-order valence-corrected chi connectivity index (χ2v) is 3.43. The molecule has 1 aromatic carbocycles. The number of esters is 1. The van der Waals surface area contributed by atoms with E-state index in [-0.39, 0.29) is 0 Å². The predicted octanol–water partition coefficient (Wildman–Crippen LogP) is 2.25. The van der Waals surface area contributed by atoms with Gasteiger partial charge in [-0.2, -0.15) is 0 Å². The highest BCUT2D eigenvalue weighted by molar-refractivity contribution is 5.94. The Morgan fingerprint density at radius 3 is 2.59 bits per heavy atom. The van der Waals surface area contributed by atoms with Gasteiger partial charge in [0.2, 0.25) is 0 Å². The zero-order chi connectivity index (χ0) is 12.3. The zero-order valence-electron chi connectivity index (χ0n) is 9.38. The third-order valence-electron chi connectivity index (χ3n) is 2.46. The van der Waals surface area contributed by atoms with Crippen LogP contribution in [0.1, 0.15) is 15.9 Å². The molecular formula is C14H11NO2. The van der Waals surface area contributed by atoms with E-state index in [1.165, 1.54) is 7.11 Å². The molecule has 0 atom stereocenters. The molecule has 2 rings (SSSR count). The minimum atomic E-state index is -0.397. The van der Waals surface area contributed by atoms with E-state index in [0.717, 1.165) is 0 Å². The molecule has 84 valence electrons. The highest BCUT2D eigenvalue weighted by Gasteiger charge is 2.15. The fourth-order valence-corrected chi connectivity index (χ4v) is 1.70. The zero-order valence-corrected chi connectivity index (χ0v) is 9.38. The summed E-state index contributed by atoms with van der Waals surface area (Å²) in [6.45, 7) is 0. The molecule has 17 heavy (non-hydrogen) atoms. The van der Waals surface area contributed by atoms with Crippen molar-refractivity contribution in [1.29, 1.82) is 0 Å². The molecule has 1 aromatic heterocycles. The highest BCUT2D eigenvalue weighted by Crippen LogP contribution is 2.20. The van der Waals surface area contributed by atoms with Crippen LogP contribution in [0.4, 0.5) is 0 Å². The SMILES string of the molecule is C#Cc1cccc(C(=O)OC)c1-n1cccc1. The number of para-hydroxylation sites is 1. The molecule has 0 fully saturated rings.